The molecule has 0 spiro atoms. The molecule has 1 aliphatic rings. The van der Waals surface area contributed by atoms with Crippen LogP contribution in [0.5, 0.6) is 0 Å². The Bertz CT molecular complexity index is 172. The number of hydrogen-bond acceptors (Lipinski definition) is 1. The largest absolute Gasteiger partial charge is 0.330 e. The minimum absolute atomic E-state index is 0.00231. The fourth-order valence-corrected chi connectivity index (χ4v) is 2.41. The molecule has 1 rings (SSSR count). The number of halogens is 2. The van der Waals surface area contributed by atoms with Gasteiger partial charge < -0.3 is 5.73 Å². The first-order chi connectivity index (χ1) is 5.96. The molecule has 0 heterocycles. The van der Waals surface area contributed by atoms with Crippen LogP contribution in [0.3, 0.4) is 0 Å². The average Bonchev–Trinajstić information content (AvgIpc) is 1.99. The summed E-state index contributed by atoms with van der Waals surface area (Å²) in [5.74, 6) is -2.11. The Morgan fingerprint density at radius 2 is 1.92 bits per heavy atom. The molecule has 1 saturated carbocycles. The number of hydrogen-bond donors (Lipinski definition) is 1. The van der Waals surface area contributed by atoms with Crippen LogP contribution in [0.15, 0.2) is 0 Å². The van der Waals surface area contributed by atoms with Gasteiger partial charge in [-0.3, -0.25) is 0 Å². The normalized spacial score (nSPS) is 26.5. The summed E-state index contributed by atoms with van der Waals surface area (Å²) in [5, 5.41) is 0. The summed E-state index contributed by atoms with van der Waals surface area (Å²) < 4.78 is 25.5. The summed E-state index contributed by atoms with van der Waals surface area (Å²) in [7, 11) is 0. The summed E-state index contributed by atoms with van der Waals surface area (Å²) in [5.41, 5.74) is 5.32. The van der Waals surface area contributed by atoms with Crippen molar-refractivity contribution >= 4 is 0 Å². The molecular weight excluding hydrogens is 172 g/mol. The van der Waals surface area contributed by atoms with Crippen molar-refractivity contribution in [2.24, 2.45) is 17.1 Å². The summed E-state index contributed by atoms with van der Waals surface area (Å²) in [6, 6.07) is 0. The van der Waals surface area contributed by atoms with Gasteiger partial charge in [-0.1, -0.05) is 26.7 Å². The van der Waals surface area contributed by atoms with Gasteiger partial charge in [0.2, 0.25) is 5.92 Å². The molecule has 0 aromatic rings. The van der Waals surface area contributed by atoms with Crippen molar-refractivity contribution in [3.8, 4) is 0 Å². The summed E-state index contributed by atoms with van der Waals surface area (Å²) >= 11 is 0. The summed E-state index contributed by atoms with van der Waals surface area (Å²) in [6.45, 7) is 4.53. The Kier molecular flexibility index (Phi) is 2.95. The van der Waals surface area contributed by atoms with Crippen molar-refractivity contribution in [3.63, 3.8) is 0 Å². The maximum atomic E-state index is 12.8. The summed E-state index contributed by atoms with van der Waals surface area (Å²) in [4.78, 5) is 0. The molecule has 3 heteroatoms. The monoisotopic (exact) mass is 191 g/mol. The van der Waals surface area contributed by atoms with Crippen molar-refractivity contribution in [2.45, 2.75) is 45.5 Å². The van der Waals surface area contributed by atoms with E-state index in [0.717, 1.165) is 12.8 Å². The third-order valence-electron chi connectivity index (χ3n) is 3.39. The van der Waals surface area contributed by atoms with Gasteiger partial charge in [0.15, 0.2) is 0 Å². The van der Waals surface area contributed by atoms with Gasteiger partial charge in [0.1, 0.15) is 0 Å². The smallest absolute Gasteiger partial charge is 0.249 e. The minimum Gasteiger partial charge on any atom is -0.330 e. The van der Waals surface area contributed by atoms with E-state index in [4.69, 9.17) is 5.73 Å². The zero-order chi connectivity index (χ0) is 10.1. The lowest BCUT2D eigenvalue weighted by atomic mass is 9.58. The lowest BCUT2D eigenvalue weighted by Gasteiger charge is -2.50. The topological polar surface area (TPSA) is 26.0 Å². The predicted octanol–water partition coefficient (Wildman–Crippen LogP) is 2.80. The molecule has 0 saturated heterocycles. The van der Waals surface area contributed by atoms with Gasteiger partial charge >= 0.3 is 0 Å². The molecule has 1 unspecified atom stereocenters. The van der Waals surface area contributed by atoms with Gasteiger partial charge in [-0.2, -0.15) is 0 Å². The van der Waals surface area contributed by atoms with Crippen molar-refractivity contribution in [1.29, 1.82) is 0 Å². The number of nitrogens with two attached hydrogens (primary N) is 1. The van der Waals surface area contributed by atoms with Gasteiger partial charge in [-0.15, -0.1) is 0 Å². The van der Waals surface area contributed by atoms with Crippen molar-refractivity contribution in [1.82, 2.24) is 0 Å². The van der Waals surface area contributed by atoms with Crippen LogP contribution >= 0.6 is 0 Å². The zero-order valence-corrected chi connectivity index (χ0v) is 8.45. The van der Waals surface area contributed by atoms with Crippen molar-refractivity contribution in [3.05, 3.63) is 0 Å². The van der Waals surface area contributed by atoms with Crippen LogP contribution in [0.25, 0.3) is 0 Å². The Morgan fingerprint density at radius 3 is 2.23 bits per heavy atom. The highest BCUT2D eigenvalue weighted by molar-refractivity contribution is 5.02. The van der Waals surface area contributed by atoms with E-state index in [-0.39, 0.29) is 18.3 Å². The fourth-order valence-electron chi connectivity index (χ4n) is 2.41. The SMILES string of the molecule is CCCC(C)C1(CN)CC(F)(F)C1. The minimum atomic E-state index is -2.44. The number of rotatable bonds is 4. The van der Waals surface area contributed by atoms with Crippen LogP contribution in [-0.4, -0.2) is 12.5 Å². The van der Waals surface area contributed by atoms with Gasteiger partial charge in [-0.05, 0) is 17.9 Å². The van der Waals surface area contributed by atoms with Crippen LogP contribution in [0.2, 0.25) is 0 Å². The maximum Gasteiger partial charge on any atom is 0.249 e. The third kappa shape index (κ3) is 2.01. The van der Waals surface area contributed by atoms with Gasteiger partial charge in [-0.25, -0.2) is 8.78 Å². The fraction of sp³-hybridized carbons (Fsp3) is 1.00. The Morgan fingerprint density at radius 1 is 1.38 bits per heavy atom. The van der Waals surface area contributed by atoms with E-state index in [1.54, 1.807) is 0 Å². The molecule has 1 nitrogen and oxygen atoms in total. The van der Waals surface area contributed by atoms with E-state index in [2.05, 4.69) is 6.92 Å². The van der Waals surface area contributed by atoms with Crippen LogP contribution in [0.1, 0.15) is 39.5 Å². The molecule has 1 atom stereocenters. The molecule has 2 N–H and O–H groups in total. The van der Waals surface area contributed by atoms with Gasteiger partial charge in [0.25, 0.3) is 0 Å². The first-order valence-electron chi connectivity index (χ1n) is 5.04. The van der Waals surface area contributed by atoms with Crippen molar-refractivity contribution < 1.29 is 8.78 Å². The molecule has 0 amide bonds. The highest BCUT2D eigenvalue weighted by Gasteiger charge is 2.57. The first-order valence-corrected chi connectivity index (χ1v) is 5.04. The van der Waals surface area contributed by atoms with E-state index < -0.39 is 5.92 Å². The van der Waals surface area contributed by atoms with Crippen molar-refractivity contribution in [2.75, 3.05) is 6.54 Å². The standard InChI is InChI=1S/C10H19F2N/c1-3-4-8(2)9(7-13)5-10(11,12)6-9/h8H,3-7,13H2,1-2H3. The van der Waals surface area contributed by atoms with Crippen LogP contribution in [-0.2, 0) is 0 Å². The van der Waals surface area contributed by atoms with E-state index in [1.807, 2.05) is 6.92 Å². The van der Waals surface area contributed by atoms with E-state index in [1.165, 1.54) is 0 Å². The Labute approximate surface area is 78.7 Å². The van der Waals surface area contributed by atoms with E-state index >= 15 is 0 Å². The average molecular weight is 191 g/mol. The first kappa shape index (κ1) is 10.9. The van der Waals surface area contributed by atoms with E-state index in [9.17, 15) is 8.78 Å². The molecule has 0 radical (unpaired) electrons. The molecule has 1 fully saturated rings. The second-order valence-electron chi connectivity index (χ2n) is 4.47. The highest BCUT2D eigenvalue weighted by atomic mass is 19.3. The molecule has 0 bridgehead atoms. The predicted molar refractivity (Wildman–Crippen MR) is 49.7 cm³/mol. The van der Waals surface area contributed by atoms with Crippen LogP contribution < -0.4 is 5.73 Å². The molecule has 0 aliphatic heterocycles. The molecule has 1 aliphatic carbocycles. The quantitative estimate of drug-likeness (QED) is 0.726. The van der Waals surface area contributed by atoms with Crippen LogP contribution in [0, 0.1) is 11.3 Å². The maximum absolute atomic E-state index is 12.8. The number of alkyl halides is 2. The molecule has 78 valence electrons. The molecule has 0 aromatic heterocycles. The Balaban J connectivity index is 2.54. The second-order valence-corrected chi connectivity index (χ2v) is 4.47. The lowest BCUT2D eigenvalue weighted by Crippen LogP contribution is -2.54. The Hall–Kier alpha value is -0.180. The third-order valence-corrected chi connectivity index (χ3v) is 3.39. The highest BCUT2D eigenvalue weighted by Crippen LogP contribution is 2.56. The molecule has 13 heavy (non-hydrogen) atoms. The summed E-state index contributed by atoms with van der Waals surface area (Å²) in [6.07, 6.45) is 2.05. The van der Waals surface area contributed by atoms with Crippen LogP contribution in [0.4, 0.5) is 8.78 Å². The second kappa shape index (κ2) is 3.52. The van der Waals surface area contributed by atoms with E-state index in [0.29, 0.717) is 12.5 Å². The zero-order valence-electron chi connectivity index (χ0n) is 8.45. The lowest BCUT2D eigenvalue weighted by molar-refractivity contribution is -0.177. The molecular formula is C10H19F2N. The van der Waals surface area contributed by atoms with Gasteiger partial charge in [0.05, 0.1) is 0 Å². The molecule has 0 aromatic carbocycles. The van der Waals surface area contributed by atoms with Gasteiger partial charge in [0, 0.05) is 12.8 Å².